The van der Waals surface area contributed by atoms with E-state index in [1.54, 1.807) is 0 Å². The van der Waals surface area contributed by atoms with Gasteiger partial charge in [0.2, 0.25) is 5.91 Å². The first-order valence-electron chi connectivity index (χ1n) is 6.15. The summed E-state index contributed by atoms with van der Waals surface area (Å²) in [7, 11) is 0. The summed E-state index contributed by atoms with van der Waals surface area (Å²) in [5.74, 6) is 0.870. The lowest BCUT2D eigenvalue weighted by Crippen LogP contribution is -2.52. The van der Waals surface area contributed by atoms with Gasteiger partial charge in [0.1, 0.15) is 0 Å². The number of nitrogens with zero attached hydrogens (tertiary/aromatic N) is 1. The highest BCUT2D eigenvalue weighted by molar-refractivity contribution is 5.85. The second kappa shape index (κ2) is 7.91. The monoisotopic (exact) mass is 248 g/mol. The third kappa shape index (κ3) is 4.71. The molecular weight excluding hydrogens is 224 g/mol. The largest absolute Gasteiger partial charge is 0.337 e. The van der Waals surface area contributed by atoms with Crippen LogP contribution in [-0.4, -0.2) is 36.5 Å². The van der Waals surface area contributed by atoms with Gasteiger partial charge in [-0.15, -0.1) is 12.4 Å². The third-order valence-electron chi connectivity index (χ3n) is 3.13. The minimum Gasteiger partial charge on any atom is -0.337 e. The van der Waals surface area contributed by atoms with Crippen molar-refractivity contribution in [3.63, 3.8) is 0 Å². The van der Waals surface area contributed by atoms with E-state index < -0.39 is 0 Å². The Morgan fingerprint density at radius 2 is 2.25 bits per heavy atom. The summed E-state index contributed by atoms with van der Waals surface area (Å²) in [4.78, 5) is 14.0. The number of piperazine rings is 1. The standard InChI is InChI=1S/C12H24N2O.ClH/c1-4-5-10(2)8-12(15)14-7-6-13-9-11(14)3;/h10-11,13H,4-9H2,1-3H3;1H. The van der Waals surface area contributed by atoms with Gasteiger partial charge in [-0.1, -0.05) is 26.7 Å². The SMILES string of the molecule is CCCC(C)CC(=O)N1CCNCC1C.Cl. The first kappa shape index (κ1) is 15.7. The van der Waals surface area contributed by atoms with Crippen molar-refractivity contribution in [3.05, 3.63) is 0 Å². The summed E-state index contributed by atoms with van der Waals surface area (Å²) < 4.78 is 0. The summed E-state index contributed by atoms with van der Waals surface area (Å²) in [5.41, 5.74) is 0. The van der Waals surface area contributed by atoms with E-state index in [-0.39, 0.29) is 12.4 Å². The van der Waals surface area contributed by atoms with Gasteiger partial charge in [0.15, 0.2) is 0 Å². The molecule has 2 unspecified atom stereocenters. The number of carbonyl (C=O) groups is 1. The molecule has 1 rings (SSSR count). The number of carbonyl (C=O) groups excluding carboxylic acids is 1. The molecule has 16 heavy (non-hydrogen) atoms. The van der Waals surface area contributed by atoms with Crippen LogP contribution in [0.5, 0.6) is 0 Å². The van der Waals surface area contributed by atoms with Gasteiger partial charge in [0.25, 0.3) is 0 Å². The second-order valence-corrected chi connectivity index (χ2v) is 4.74. The van der Waals surface area contributed by atoms with Crippen molar-refractivity contribution in [1.82, 2.24) is 10.2 Å². The van der Waals surface area contributed by atoms with E-state index in [0.717, 1.165) is 32.5 Å². The zero-order valence-corrected chi connectivity index (χ0v) is 11.5. The van der Waals surface area contributed by atoms with Crippen LogP contribution in [-0.2, 0) is 4.79 Å². The predicted octanol–water partition coefficient (Wildman–Crippen LogP) is 2.05. The van der Waals surface area contributed by atoms with E-state index in [1.807, 2.05) is 4.90 Å². The minimum atomic E-state index is 0. The first-order chi connectivity index (χ1) is 7.15. The van der Waals surface area contributed by atoms with Crippen LogP contribution < -0.4 is 5.32 Å². The van der Waals surface area contributed by atoms with Crippen LogP contribution in [0.1, 0.15) is 40.0 Å². The quantitative estimate of drug-likeness (QED) is 0.826. The molecule has 1 N–H and O–H groups in total. The van der Waals surface area contributed by atoms with Gasteiger partial charge in [-0.25, -0.2) is 0 Å². The molecule has 4 heteroatoms. The second-order valence-electron chi connectivity index (χ2n) is 4.74. The zero-order chi connectivity index (χ0) is 11.3. The molecule has 1 aliphatic heterocycles. The molecule has 0 aliphatic carbocycles. The molecule has 0 aromatic carbocycles. The molecule has 0 saturated carbocycles. The Labute approximate surface area is 105 Å². The lowest BCUT2D eigenvalue weighted by molar-refractivity contribution is -0.134. The molecule has 0 spiro atoms. The number of halogens is 1. The molecule has 1 heterocycles. The van der Waals surface area contributed by atoms with E-state index in [4.69, 9.17) is 0 Å². The Hall–Kier alpha value is -0.280. The zero-order valence-electron chi connectivity index (χ0n) is 10.7. The fraction of sp³-hybridized carbons (Fsp3) is 0.917. The highest BCUT2D eigenvalue weighted by Crippen LogP contribution is 2.14. The van der Waals surface area contributed by atoms with Gasteiger partial charge in [0.05, 0.1) is 0 Å². The number of hydrogen-bond acceptors (Lipinski definition) is 2. The Morgan fingerprint density at radius 1 is 1.56 bits per heavy atom. The average molecular weight is 249 g/mol. The number of nitrogens with one attached hydrogen (secondary N) is 1. The van der Waals surface area contributed by atoms with Gasteiger partial charge < -0.3 is 10.2 Å². The van der Waals surface area contributed by atoms with Crippen LogP contribution in [0.4, 0.5) is 0 Å². The van der Waals surface area contributed by atoms with E-state index in [1.165, 1.54) is 6.42 Å². The van der Waals surface area contributed by atoms with Crippen LogP contribution in [0.15, 0.2) is 0 Å². The van der Waals surface area contributed by atoms with Crippen molar-refractivity contribution < 1.29 is 4.79 Å². The third-order valence-corrected chi connectivity index (χ3v) is 3.13. The maximum atomic E-state index is 12.0. The highest BCUT2D eigenvalue weighted by atomic mass is 35.5. The topological polar surface area (TPSA) is 32.3 Å². The van der Waals surface area contributed by atoms with Crippen LogP contribution in [0.25, 0.3) is 0 Å². The molecule has 3 nitrogen and oxygen atoms in total. The van der Waals surface area contributed by atoms with Crippen LogP contribution in [0.3, 0.4) is 0 Å². The lowest BCUT2D eigenvalue weighted by atomic mass is 10.0. The van der Waals surface area contributed by atoms with Crippen molar-refractivity contribution in [2.45, 2.75) is 46.1 Å². The number of rotatable bonds is 4. The maximum Gasteiger partial charge on any atom is 0.223 e. The van der Waals surface area contributed by atoms with Crippen molar-refractivity contribution in [2.75, 3.05) is 19.6 Å². The summed E-state index contributed by atoms with van der Waals surface area (Å²) in [6.45, 7) is 9.22. The molecule has 0 aromatic heterocycles. The van der Waals surface area contributed by atoms with Crippen LogP contribution in [0, 0.1) is 5.92 Å². The molecular formula is C12H25ClN2O. The van der Waals surface area contributed by atoms with E-state index >= 15 is 0 Å². The average Bonchev–Trinajstić information content (AvgIpc) is 2.18. The van der Waals surface area contributed by atoms with E-state index in [9.17, 15) is 4.79 Å². The van der Waals surface area contributed by atoms with Gasteiger partial charge in [-0.3, -0.25) is 4.79 Å². The van der Waals surface area contributed by atoms with E-state index in [0.29, 0.717) is 17.9 Å². The molecule has 1 amide bonds. The van der Waals surface area contributed by atoms with E-state index in [2.05, 4.69) is 26.1 Å². The molecule has 1 fully saturated rings. The Balaban J connectivity index is 0.00000225. The fourth-order valence-electron chi connectivity index (χ4n) is 2.22. The van der Waals surface area contributed by atoms with Gasteiger partial charge in [-0.2, -0.15) is 0 Å². The molecule has 0 radical (unpaired) electrons. The van der Waals surface area contributed by atoms with Crippen molar-refractivity contribution in [3.8, 4) is 0 Å². The van der Waals surface area contributed by atoms with Gasteiger partial charge >= 0.3 is 0 Å². The molecule has 96 valence electrons. The molecule has 1 saturated heterocycles. The van der Waals surface area contributed by atoms with Crippen LogP contribution >= 0.6 is 12.4 Å². The summed E-state index contributed by atoms with van der Waals surface area (Å²) in [6, 6.07) is 0.361. The smallest absolute Gasteiger partial charge is 0.223 e. The number of hydrogen-bond donors (Lipinski definition) is 1. The summed E-state index contributed by atoms with van der Waals surface area (Å²) >= 11 is 0. The van der Waals surface area contributed by atoms with Crippen molar-refractivity contribution in [2.24, 2.45) is 5.92 Å². The highest BCUT2D eigenvalue weighted by Gasteiger charge is 2.23. The Morgan fingerprint density at radius 3 is 2.81 bits per heavy atom. The summed E-state index contributed by atoms with van der Waals surface area (Å²) in [6.07, 6.45) is 3.05. The van der Waals surface area contributed by atoms with Gasteiger partial charge in [0, 0.05) is 32.1 Å². The molecule has 0 bridgehead atoms. The maximum absolute atomic E-state index is 12.0. The fourth-order valence-corrected chi connectivity index (χ4v) is 2.22. The summed E-state index contributed by atoms with van der Waals surface area (Å²) in [5, 5.41) is 3.30. The molecule has 0 aromatic rings. The van der Waals surface area contributed by atoms with Gasteiger partial charge in [-0.05, 0) is 12.8 Å². The lowest BCUT2D eigenvalue weighted by Gasteiger charge is -2.34. The van der Waals surface area contributed by atoms with Crippen LogP contribution in [0.2, 0.25) is 0 Å². The normalized spacial score (nSPS) is 22.4. The van der Waals surface area contributed by atoms with Crippen molar-refractivity contribution in [1.29, 1.82) is 0 Å². The van der Waals surface area contributed by atoms with Crippen molar-refractivity contribution >= 4 is 18.3 Å². The molecule has 2 atom stereocenters. The predicted molar refractivity (Wildman–Crippen MR) is 70.0 cm³/mol. The number of amides is 1. The molecule has 1 aliphatic rings. The first-order valence-corrected chi connectivity index (χ1v) is 6.15. The Bertz CT molecular complexity index is 211. The Kier molecular flexibility index (Phi) is 7.77. The minimum absolute atomic E-state index is 0.